The molecule has 20 heavy (non-hydrogen) atoms. The monoisotopic (exact) mass is 269 g/mol. The molecule has 6 heteroatoms. The van der Waals surface area contributed by atoms with Crippen LogP contribution in [0.2, 0.25) is 0 Å². The second kappa shape index (κ2) is 5.24. The van der Waals surface area contributed by atoms with Gasteiger partial charge in [0.05, 0.1) is 12.0 Å². The number of carbonyl (C=O) groups is 1. The van der Waals surface area contributed by atoms with E-state index in [0.29, 0.717) is 12.2 Å². The molecule has 0 bridgehead atoms. The number of aromatic amines is 1. The van der Waals surface area contributed by atoms with Crippen LogP contribution in [0.25, 0.3) is 0 Å². The van der Waals surface area contributed by atoms with Gasteiger partial charge in [0.25, 0.3) is 0 Å². The van der Waals surface area contributed by atoms with Gasteiger partial charge < -0.3 is 5.32 Å². The fraction of sp³-hybridized carbons (Fsp3) is 0.286. The van der Waals surface area contributed by atoms with E-state index in [1.165, 1.54) is 0 Å². The minimum absolute atomic E-state index is 0.0132. The van der Waals surface area contributed by atoms with Crippen LogP contribution in [0.4, 0.5) is 0 Å². The summed E-state index contributed by atoms with van der Waals surface area (Å²) >= 11 is 0. The van der Waals surface area contributed by atoms with E-state index in [4.69, 9.17) is 0 Å². The van der Waals surface area contributed by atoms with Crippen molar-refractivity contribution in [1.29, 1.82) is 0 Å². The SMILES string of the molecule is C=C1CC1C(=O)NC(Cc1ccccc1)c1nn[nH]n1. The smallest absolute Gasteiger partial charge is 0.228 e. The lowest BCUT2D eigenvalue weighted by molar-refractivity contribution is -0.122. The second-order valence-electron chi connectivity index (χ2n) is 4.94. The Labute approximate surface area is 116 Å². The Hall–Kier alpha value is -2.50. The van der Waals surface area contributed by atoms with E-state index in [9.17, 15) is 4.79 Å². The molecule has 102 valence electrons. The Bertz CT molecular complexity index is 608. The molecule has 0 aliphatic heterocycles. The van der Waals surface area contributed by atoms with Crippen molar-refractivity contribution in [3.05, 3.63) is 53.9 Å². The van der Waals surface area contributed by atoms with Gasteiger partial charge in [-0.1, -0.05) is 47.7 Å². The zero-order valence-corrected chi connectivity index (χ0v) is 10.9. The highest BCUT2D eigenvalue weighted by Gasteiger charge is 2.36. The summed E-state index contributed by atoms with van der Waals surface area (Å²) in [5.41, 5.74) is 2.09. The standard InChI is InChI=1S/C14H15N5O/c1-9-7-11(9)14(20)15-12(13-16-18-19-17-13)8-10-5-3-2-4-6-10/h2-6,11-12H,1,7-8H2,(H,15,20)(H,16,17,18,19). The summed E-state index contributed by atoms with van der Waals surface area (Å²) in [7, 11) is 0. The maximum Gasteiger partial charge on any atom is 0.228 e. The molecule has 0 saturated heterocycles. The molecule has 1 aromatic heterocycles. The zero-order valence-electron chi connectivity index (χ0n) is 10.9. The van der Waals surface area contributed by atoms with Crippen LogP contribution < -0.4 is 5.32 Å². The maximum atomic E-state index is 12.1. The van der Waals surface area contributed by atoms with Crippen molar-refractivity contribution in [2.24, 2.45) is 5.92 Å². The van der Waals surface area contributed by atoms with Crippen molar-refractivity contribution in [3.8, 4) is 0 Å². The van der Waals surface area contributed by atoms with Crippen molar-refractivity contribution in [3.63, 3.8) is 0 Å². The molecule has 2 unspecified atom stereocenters. The molecule has 2 N–H and O–H groups in total. The fourth-order valence-corrected chi connectivity index (χ4v) is 2.13. The van der Waals surface area contributed by atoms with Crippen LogP contribution in [0.5, 0.6) is 0 Å². The molecule has 0 spiro atoms. The lowest BCUT2D eigenvalue weighted by Gasteiger charge is -2.15. The Balaban J connectivity index is 1.74. The Morgan fingerprint density at radius 2 is 2.20 bits per heavy atom. The first-order valence-corrected chi connectivity index (χ1v) is 6.49. The number of benzene rings is 1. The number of amides is 1. The molecule has 0 radical (unpaired) electrons. The van der Waals surface area contributed by atoms with Crippen LogP contribution in [-0.4, -0.2) is 26.5 Å². The molecule has 1 aliphatic rings. The van der Waals surface area contributed by atoms with Crippen LogP contribution in [0, 0.1) is 5.92 Å². The van der Waals surface area contributed by atoms with Crippen molar-refractivity contribution < 1.29 is 4.79 Å². The van der Waals surface area contributed by atoms with Crippen molar-refractivity contribution in [2.75, 3.05) is 0 Å². The summed E-state index contributed by atoms with van der Waals surface area (Å²) in [6.45, 7) is 3.81. The summed E-state index contributed by atoms with van der Waals surface area (Å²) in [6, 6.07) is 9.63. The van der Waals surface area contributed by atoms with Crippen molar-refractivity contribution >= 4 is 5.91 Å². The Morgan fingerprint density at radius 1 is 1.45 bits per heavy atom. The largest absolute Gasteiger partial charge is 0.345 e. The van der Waals surface area contributed by atoms with Gasteiger partial charge in [0.2, 0.25) is 5.91 Å². The highest BCUT2D eigenvalue weighted by Crippen LogP contribution is 2.36. The summed E-state index contributed by atoms with van der Waals surface area (Å²) in [4.78, 5) is 12.1. The second-order valence-corrected chi connectivity index (χ2v) is 4.94. The zero-order chi connectivity index (χ0) is 13.9. The highest BCUT2D eigenvalue weighted by atomic mass is 16.2. The molecule has 3 rings (SSSR count). The molecule has 1 heterocycles. The molecule has 6 nitrogen and oxygen atoms in total. The van der Waals surface area contributed by atoms with Gasteiger partial charge in [0.15, 0.2) is 5.82 Å². The first-order chi connectivity index (χ1) is 9.74. The number of rotatable bonds is 5. The lowest BCUT2D eigenvalue weighted by atomic mass is 10.1. The summed E-state index contributed by atoms with van der Waals surface area (Å²) in [6.07, 6.45) is 1.40. The minimum atomic E-state index is -0.281. The van der Waals surface area contributed by atoms with Crippen LogP contribution in [0.3, 0.4) is 0 Å². The number of hydrogen-bond donors (Lipinski definition) is 2. The molecule has 1 fully saturated rings. The quantitative estimate of drug-likeness (QED) is 0.798. The van der Waals surface area contributed by atoms with E-state index in [2.05, 4.69) is 32.5 Å². The van der Waals surface area contributed by atoms with Gasteiger partial charge in [-0.3, -0.25) is 4.79 Å². The van der Waals surface area contributed by atoms with Crippen LogP contribution in [0.1, 0.15) is 23.9 Å². The third kappa shape index (κ3) is 2.74. The Kier molecular flexibility index (Phi) is 3.28. The summed E-state index contributed by atoms with van der Waals surface area (Å²) < 4.78 is 0. The normalized spacial score (nSPS) is 18.6. The Morgan fingerprint density at radius 3 is 2.80 bits per heavy atom. The van der Waals surface area contributed by atoms with E-state index in [1.807, 2.05) is 30.3 Å². The lowest BCUT2D eigenvalue weighted by Crippen LogP contribution is -2.32. The number of aromatic nitrogens is 4. The topological polar surface area (TPSA) is 83.6 Å². The predicted octanol–water partition coefficient (Wildman–Crippen LogP) is 1.18. The fourth-order valence-electron chi connectivity index (χ4n) is 2.13. The molecule has 1 saturated carbocycles. The maximum absolute atomic E-state index is 12.1. The average Bonchev–Trinajstić information content (AvgIpc) is 2.97. The van der Waals surface area contributed by atoms with Crippen molar-refractivity contribution in [2.45, 2.75) is 18.9 Å². The van der Waals surface area contributed by atoms with E-state index in [0.717, 1.165) is 17.6 Å². The number of nitrogens with one attached hydrogen (secondary N) is 2. The van der Waals surface area contributed by atoms with Crippen LogP contribution >= 0.6 is 0 Å². The van der Waals surface area contributed by atoms with Gasteiger partial charge in [0, 0.05) is 6.42 Å². The highest BCUT2D eigenvalue weighted by molar-refractivity contribution is 5.86. The molecule has 2 atom stereocenters. The third-order valence-electron chi connectivity index (χ3n) is 3.39. The van der Waals surface area contributed by atoms with Gasteiger partial charge in [-0.15, -0.1) is 10.2 Å². The average molecular weight is 269 g/mol. The van der Waals surface area contributed by atoms with Gasteiger partial charge in [-0.2, -0.15) is 5.21 Å². The molecule has 1 aliphatic carbocycles. The van der Waals surface area contributed by atoms with Crippen LogP contribution in [-0.2, 0) is 11.2 Å². The number of hydrogen-bond acceptors (Lipinski definition) is 4. The molecular formula is C14H15N5O. The third-order valence-corrected chi connectivity index (χ3v) is 3.39. The first kappa shape index (κ1) is 12.5. The molecular weight excluding hydrogens is 254 g/mol. The van der Waals surface area contributed by atoms with E-state index < -0.39 is 0 Å². The number of nitrogens with zero attached hydrogens (tertiary/aromatic N) is 3. The number of H-pyrrole nitrogens is 1. The predicted molar refractivity (Wildman–Crippen MR) is 72.5 cm³/mol. The first-order valence-electron chi connectivity index (χ1n) is 6.49. The van der Waals surface area contributed by atoms with Gasteiger partial charge in [-0.25, -0.2) is 0 Å². The summed E-state index contributed by atoms with van der Waals surface area (Å²) in [5.74, 6) is 0.425. The molecule has 1 amide bonds. The molecule has 1 aromatic carbocycles. The van der Waals surface area contributed by atoms with E-state index in [1.54, 1.807) is 0 Å². The summed E-state index contributed by atoms with van der Waals surface area (Å²) in [5, 5.41) is 16.9. The van der Waals surface area contributed by atoms with Crippen LogP contribution in [0.15, 0.2) is 42.5 Å². The van der Waals surface area contributed by atoms with Gasteiger partial charge in [0.1, 0.15) is 0 Å². The van der Waals surface area contributed by atoms with Crippen molar-refractivity contribution in [1.82, 2.24) is 25.9 Å². The molecule has 2 aromatic rings. The number of carbonyl (C=O) groups excluding carboxylic acids is 1. The van der Waals surface area contributed by atoms with E-state index >= 15 is 0 Å². The van der Waals surface area contributed by atoms with Gasteiger partial charge >= 0.3 is 0 Å². The number of tetrazole rings is 1. The van der Waals surface area contributed by atoms with E-state index in [-0.39, 0.29) is 17.9 Å². The van der Waals surface area contributed by atoms with Gasteiger partial charge in [-0.05, 0) is 12.0 Å². The minimum Gasteiger partial charge on any atom is -0.345 e.